The molecule has 6 heteroatoms. The van der Waals surface area contributed by atoms with Crippen LogP contribution in [0.5, 0.6) is 0 Å². The first-order valence-electron chi connectivity index (χ1n) is 6.28. The lowest BCUT2D eigenvalue weighted by molar-refractivity contribution is -0.160. The van der Waals surface area contributed by atoms with Gasteiger partial charge >= 0.3 is 11.9 Å². The smallest absolute Gasteiger partial charge is 0.329 e. The van der Waals surface area contributed by atoms with E-state index in [4.69, 9.17) is 4.74 Å². The van der Waals surface area contributed by atoms with Crippen molar-refractivity contribution >= 4 is 17.8 Å². The summed E-state index contributed by atoms with van der Waals surface area (Å²) in [6, 6.07) is -0.831. The predicted octanol–water partition coefficient (Wildman–Crippen LogP) is 1.18. The van der Waals surface area contributed by atoms with Crippen molar-refractivity contribution in [3.63, 3.8) is 0 Å². The molecule has 0 aliphatic carbocycles. The fraction of sp³-hybridized carbons (Fsp3) is 0.769. The standard InChI is InChI=1S/C13H23NO5/c1-6-13(3,4)19-12(17)10(14-9(2)15)7-8-11(16)18-5/h10H,6-8H2,1-5H3,(H,14,15). The molecular formula is C13H23NO5. The Labute approximate surface area is 113 Å². The van der Waals surface area contributed by atoms with Gasteiger partial charge in [0.2, 0.25) is 5.91 Å². The maximum absolute atomic E-state index is 12.0. The second-order valence-corrected chi connectivity index (χ2v) is 4.90. The van der Waals surface area contributed by atoms with Crippen molar-refractivity contribution < 1.29 is 23.9 Å². The maximum atomic E-state index is 12.0. The molecule has 0 saturated heterocycles. The lowest BCUT2D eigenvalue weighted by atomic mass is 10.1. The van der Waals surface area contributed by atoms with Crippen LogP contribution in [-0.2, 0) is 23.9 Å². The van der Waals surface area contributed by atoms with E-state index in [1.807, 2.05) is 6.92 Å². The number of nitrogens with one attached hydrogen (secondary N) is 1. The highest BCUT2D eigenvalue weighted by Crippen LogP contribution is 2.15. The van der Waals surface area contributed by atoms with E-state index in [1.54, 1.807) is 13.8 Å². The van der Waals surface area contributed by atoms with Crippen LogP contribution in [0.1, 0.15) is 47.0 Å². The molecule has 0 aliphatic rings. The highest BCUT2D eigenvalue weighted by atomic mass is 16.6. The Morgan fingerprint density at radius 3 is 2.26 bits per heavy atom. The number of rotatable bonds is 7. The van der Waals surface area contributed by atoms with E-state index in [-0.39, 0.29) is 18.7 Å². The number of methoxy groups -OCH3 is 1. The Hall–Kier alpha value is -1.59. The van der Waals surface area contributed by atoms with Gasteiger partial charge in [-0.2, -0.15) is 0 Å². The van der Waals surface area contributed by atoms with E-state index < -0.39 is 23.6 Å². The summed E-state index contributed by atoms with van der Waals surface area (Å²) in [5, 5.41) is 2.48. The first kappa shape index (κ1) is 17.4. The Bertz CT molecular complexity index is 338. The number of hydrogen-bond acceptors (Lipinski definition) is 5. The van der Waals surface area contributed by atoms with Crippen LogP contribution in [0, 0.1) is 0 Å². The Morgan fingerprint density at radius 1 is 1.26 bits per heavy atom. The second-order valence-electron chi connectivity index (χ2n) is 4.90. The maximum Gasteiger partial charge on any atom is 0.329 e. The van der Waals surface area contributed by atoms with Crippen LogP contribution in [0.3, 0.4) is 0 Å². The summed E-state index contributed by atoms with van der Waals surface area (Å²) in [6.07, 6.45) is 0.858. The molecule has 0 spiro atoms. The van der Waals surface area contributed by atoms with Crippen molar-refractivity contribution in [2.45, 2.75) is 58.6 Å². The molecule has 110 valence electrons. The minimum atomic E-state index is -0.831. The van der Waals surface area contributed by atoms with Gasteiger partial charge in [-0.05, 0) is 26.7 Å². The summed E-state index contributed by atoms with van der Waals surface area (Å²) in [4.78, 5) is 34.1. The molecule has 1 unspecified atom stereocenters. The van der Waals surface area contributed by atoms with Gasteiger partial charge < -0.3 is 14.8 Å². The summed E-state index contributed by atoms with van der Waals surface area (Å²) < 4.78 is 9.81. The molecule has 0 saturated carbocycles. The van der Waals surface area contributed by atoms with Crippen molar-refractivity contribution in [3.8, 4) is 0 Å². The second kappa shape index (κ2) is 7.76. The summed E-state index contributed by atoms with van der Waals surface area (Å²) >= 11 is 0. The molecule has 0 bridgehead atoms. The van der Waals surface area contributed by atoms with Gasteiger partial charge in [0.05, 0.1) is 7.11 Å². The minimum absolute atomic E-state index is 0.0447. The molecule has 6 nitrogen and oxygen atoms in total. The largest absolute Gasteiger partial charge is 0.469 e. The van der Waals surface area contributed by atoms with Gasteiger partial charge in [-0.1, -0.05) is 6.92 Å². The number of hydrogen-bond donors (Lipinski definition) is 1. The van der Waals surface area contributed by atoms with Crippen LogP contribution < -0.4 is 5.32 Å². The molecule has 0 aromatic heterocycles. The van der Waals surface area contributed by atoms with Gasteiger partial charge in [-0.3, -0.25) is 9.59 Å². The van der Waals surface area contributed by atoms with Crippen molar-refractivity contribution in [2.24, 2.45) is 0 Å². The van der Waals surface area contributed by atoms with Crippen molar-refractivity contribution in [1.82, 2.24) is 5.32 Å². The summed E-state index contributed by atoms with van der Waals surface area (Å²) in [7, 11) is 1.27. The number of amides is 1. The highest BCUT2D eigenvalue weighted by Gasteiger charge is 2.28. The molecule has 0 radical (unpaired) electrons. The molecule has 1 amide bonds. The van der Waals surface area contributed by atoms with Gasteiger partial charge in [-0.25, -0.2) is 4.79 Å². The first-order chi connectivity index (χ1) is 8.71. The molecule has 0 aliphatic heterocycles. The van der Waals surface area contributed by atoms with Crippen molar-refractivity contribution in [2.75, 3.05) is 7.11 Å². The van der Waals surface area contributed by atoms with E-state index in [2.05, 4.69) is 10.1 Å². The molecule has 0 heterocycles. The highest BCUT2D eigenvalue weighted by molar-refractivity contribution is 5.84. The third-order valence-electron chi connectivity index (χ3n) is 2.76. The molecule has 0 aromatic carbocycles. The van der Waals surface area contributed by atoms with Gasteiger partial charge in [0.1, 0.15) is 11.6 Å². The van der Waals surface area contributed by atoms with Crippen LogP contribution in [0.4, 0.5) is 0 Å². The van der Waals surface area contributed by atoms with E-state index in [0.717, 1.165) is 0 Å². The zero-order chi connectivity index (χ0) is 15.1. The van der Waals surface area contributed by atoms with E-state index in [9.17, 15) is 14.4 Å². The normalized spacial score (nSPS) is 12.5. The molecule has 0 fully saturated rings. The number of ether oxygens (including phenoxy) is 2. The number of esters is 2. The van der Waals surface area contributed by atoms with E-state index >= 15 is 0 Å². The fourth-order valence-electron chi connectivity index (χ4n) is 1.27. The van der Waals surface area contributed by atoms with Crippen LogP contribution in [0.15, 0.2) is 0 Å². The Morgan fingerprint density at radius 2 is 1.84 bits per heavy atom. The lowest BCUT2D eigenvalue weighted by Gasteiger charge is -2.26. The van der Waals surface area contributed by atoms with Gasteiger partial charge in [0.15, 0.2) is 0 Å². The first-order valence-corrected chi connectivity index (χ1v) is 6.28. The number of carbonyl (C=O) groups excluding carboxylic acids is 3. The Balaban J connectivity index is 4.60. The summed E-state index contributed by atoms with van der Waals surface area (Å²) in [5.41, 5.74) is -0.598. The SMILES string of the molecule is CCC(C)(C)OC(=O)C(CCC(=O)OC)NC(C)=O. The lowest BCUT2D eigenvalue weighted by Crippen LogP contribution is -2.44. The van der Waals surface area contributed by atoms with E-state index in [0.29, 0.717) is 6.42 Å². The molecule has 1 N–H and O–H groups in total. The van der Waals surface area contributed by atoms with Crippen LogP contribution >= 0.6 is 0 Å². The molecule has 19 heavy (non-hydrogen) atoms. The fourth-order valence-corrected chi connectivity index (χ4v) is 1.27. The quantitative estimate of drug-likeness (QED) is 0.704. The third kappa shape index (κ3) is 7.43. The Kier molecular flexibility index (Phi) is 7.11. The molecule has 0 aromatic rings. The van der Waals surface area contributed by atoms with Gasteiger partial charge in [0, 0.05) is 13.3 Å². The predicted molar refractivity (Wildman–Crippen MR) is 69.3 cm³/mol. The zero-order valence-electron chi connectivity index (χ0n) is 12.2. The van der Waals surface area contributed by atoms with Crippen molar-refractivity contribution in [3.05, 3.63) is 0 Å². The van der Waals surface area contributed by atoms with Crippen LogP contribution in [0.2, 0.25) is 0 Å². The topological polar surface area (TPSA) is 81.7 Å². The van der Waals surface area contributed by atoms with Gasteiger partial charge in [0.25, 0.3) is 0 Å². The molecular weight excluding hydrogens is 250 g/mol. The van der Waals surface area contributed by atoms with Crippen LogP contribution in [-0.4, -0.2) is 36.6 Å². The third-order valence-corrected chi connectivity index (χ3v) is 2.76. The zero-order valence-corrected chi connectivity index (χ0v) is 12.2. The summed E-state index contributed by atoms with van der Waals surface area (Å²) in [5.74, 6) is -1.31. The molecule has 1 atom stereocenters. The van der Waals surface area contributed by atoms with Crippen molar-refractivity contribution in [1.29, 1.82) is 0 Å². The van der Waals surface area contributed by atoms with Crippen LogP contribution in [0.25, 0.3) is 0 Å². The average Bonchev–Trinajstić information content (AvgIpc) is 2.32. The monoisotopic (exact) mass is 273 g/mol. The van der Waals surface area contributed by atoms with Gasteiger partial charge in [-0.15, -0.1) is 0 Å². The molecule has 0 rings (SSSR count). The average molecular weight is 273 g/mol. The van der Waals surface area contributed by atoms with E-state index in [1.165, 1.54) is 14.0 Å². The summed E-state index contributed by atoms with van der Waals surface area (Å²) in [6.45, 7) is 6.78. The minimum Gasteiger partial charge on any atom is -0.469 e. The number of carbonyl (C=O) groups is 3.